The molecule has 2 rings (SSSR count). The molecule has 5 nitrogen and oxygen atoms in total. The fourth-order valence-electron chi connectivity index (χ4n) is 2.14. The van der Waals surface area contributed by atoms with E-state index in [4.69, 9.17) is 16.7 Å². The summed E-state index contributed by atoms with van der Waals surface area (Å²) in [7, 11) is 0. The average Bonchev–Trinajstić information content (AvgIpc) is 3.19. The molecule has 21 heavy (non-hydrogen) atoms. The van der Waals surface area contributed by atoms with E-state index < -0.39 is 5.97 Å². The molecule has 0 radical (unpaired) electrons. The lowest BCUT2D eigenvalue weighted by Gasteiger charge is -2.19. The Morgan fingerprint density at radius 3 is 2.76 bits per heavy atom. The van der Waals surface area contributed by atoms with Gasteiger partial charge >= 0.3 is 5.97 Å². The van der Waals surface area contributed by atoms with Crippen LogP contribution in [0.4, 0.5) is 5.69 Å². The summed E-state index contributed by atoms with van der Waals surface area (Å²) in [4.78, 5) is 24.5. The van der Waals surface area contributed by atoms with Crippen LogP contribution in [0.25, 0.3) is 0 Å². The molecule has 1 aromatic carbocycles. The SMILES string of the molecule is O=C(O)CN(CCC(=O)Nc1cccc(Cl)c1)CC1CC1. The second-order valence-electron chi connectivity index (χ2n) is 5.38. The molecule has 0 saturated heterocycles. The van der Waals surface area contributed by atoms with E-state index in [9.17, 15) is 9.59 Å². The Hall–Kier alpha value is -1.59. The molecule has 0 atom stereocenters. The van der Waals surface area contributed by atoms with Gasteiger partial charge in [-0.2, -0.15) is 0 Å². The number of aliphatic carboxylic acids is 1. The van der Waals surface area contributed by atoms with Gasteiger partial charge in [-0.1, -0.05) is 17.7 Å². The van der Waals surface area contributed by atoms with Crippen molar-refractivity contribution >= 4 is 29.2 Å². The number of anilines is 1. The highest BCUT2D eigenvalue weighted by Gasteiger charge is 2.25. The van der Waals surface area contributed by atoms with Crippen LogP contribution in [-0.2, 0) is 9.59 Å². The van der Waals surface area contributed by atoms with Crippen molar-refractivity contribution in [3.63, 3.8) is 0 Å². The fourth-order valence-corrected chi connectivity index (χ4v) is 2.33. The van der Waals surface area contributed by atoms with Crippen LogP contribution in [0.1, 0.15) is 19.3 Å². The van der Waals surface area contributed by atoms with Crippen LogP contribution < -0.4 is 5.32 Å². The number of hydrogen-bond acceptors (Lipinski definition) is 3. The van der Waals surface area contributed by atoms with Gasteiger partial charge in [0.1, 0.15) is 0 Å². The molecule has 0 bridgehead atoms. The summed E-state index contributed by atoms with van der Waals surface area (Å²) in [6, 6.07) is 6.95. The fraction of sp³-hybridized carbons (Fsp3) is 0.467. The summed E-state index contributed by atoms with van der Waals surface area (Å²) in [5, 5.41) is 12.2. The van der Waals surface area contributed by atoms with Crippen molar-refractivity contribution in [1.82, 2.24) is 4.90 Å². The summed E-state index contributed by atoms with van der Waals surface area (Å²) >= 11 is 5.85. The highest BCUT2D eigenvalue weighted by Crippen LogP contribution is 2.29. The first kappa shape index (κ1) is 15.8. The van der Waals surface area contributed by atoms with Crippen LogP contribution >= 0.6 is 11.6 Å². The Kier molecular flexibility index (Phi) is 5.59. The van der Waals surface area contributed by atoms with Crippen LogP contribution in [0.3, 0.4) is 0 Å². The van der Waals surface area contributed by atoms with Crippen LogP contribution in [-0.4, -0.2) is 41.5 Å². The zero-order chi connectivity index (χ0) is 15.2. The first-order chi connectivity index (χ1) is 10.0. The second kappa shape index (κ2) is 7.43. The number of nitrogens with zero attached hydrogens (tertiary/aromatic N) is 1. The molecule has 2 N–H and O–H groups in total. The lowest BCUT2D eigenvalue weighted by atomic mass is 10.3. The predicted octanol–water partition coefficient (Wildman–Crippen LogP) is 2.47. The summed E-state index contributed by atoms with van der Waals surface area (Å²) in [5.74, 6) is -0.394. The quantitative estimate of drug-likeness (QED) is 0.774. The van der Waals surface area contributed by atoms with E-state index in [0.29, 0.717) is 23.2 Å². The molecule has 6 heteroatoms. The average molecular weight is 311 g/mol. The third-order valence-electron chi connectivity index (χ3n) is 3.34. The standard InChI is InChI=1S/C15H19ClN2O3/c16-12-2-1-3-13(8-12)17-14(19)6-7-18(10-15(20)21)9-11-4-5-11/h1-3,8,11H,4-7,9-10H2,(H,17,19)(H,20,21). The van der Waals surface area contributed by atoms with Crippen molar-refractivity contribution in [2.75, 3.05) is 25.0 Å². The van der Waals surface area contributed by atoms with Gasteiger partial charge in [-0.3, -0.25) is 14.5 Å². The van der Waals surface area contributed by atoms with Gasteiger partial charge in [0, 0.05) is 30.2 Å². The summed E-state index contributed by atoms with van der Waals surface area (Å²) in [5.41, 5.74) is 0.652. The molecule has 1 aliphatic rings. The van der Waals surface area contributed by atoms with Crippen molar-refractivity contribution in [2.24, 2.45) is 5.92 Å². The van der Waals surface area contributed by atoms with Crippen molar-refractivity contribution in [2.45, 2.75) is 19.3 Å². The van der Waals surface area contributed by atoms with E-state index >= 15 is 0 Å². The number of amides is 1. The molecular weight excluding hydrogens is 292 g/mol. The van der Waals surface area contributed by atoms with Gasteiger partial charge in [0.05, 0.1) is 6.54 Å². The topological polar surface area (TPSA) is 69.6 Å². The molecule has 1 fully saturated rings. The lowest BCUT2D eigenvalue weighted by Crippen LogP contribution is -2.34. The third kappa shape index (κ3) is 6.14. The Morgan fingerprint density at radius 2 is 2.14 bits per heavy atom. The first-order valence-corrected chi connectivity index (χ1v) is 7.40. The molecule has 1 amide bonds. The monoisotopic (exact) mass is 310 g/mol. The number of halogens is 1. The van der Waals surface area contributed by atoms with Gasteiger partial charge in [-0.25, -0.2) is 0 Å². The molecule has 0 aliphatic heterocycles. The Labute approximate surface area is 128 Å². The Bertz CT molecular complexity index is 517. The van der Waals surface area contributed by atoms with Crippen LogP contribution in [0.5, 0.6) is 0 Å². The molecule has 0 spiro atoms. The molecule has 0 unspecified atom stereocenters. The number of carboxylic acid groups (broad SMARTS) is 1. The van der Waals surface area contributed by atoms with E-state index in [1.54, 1.807) is 24.3 Å². The molecule has 0 aromatic heterocycles. The van der Waals surface area contributed by atoms with Gasteiger partial charge in [-0.05, 0) is 37.0 Å². The molecule has 1 aliphatic carbocycles. The number of carbonyl (C=O) groups is 2. The Morgan fingerprint density at radius 1 is 1.38 bits per heavy atom. The van der Waals surface area contributed by atoms with Gasteiger partial charge in [0.15, 0.2) is 0 Å². The summed E-state index contributed by atoms with van der Waals surface area (Å²) in [6.45, 7) is 1.20. The van der Waals surface area contributed by atoms with Crippen molar-refractivity contribution in [1.29, 1.82) is 0 Å². The van der Waals surface area contributed by atoms with E-state index in [1.165, 1.54) is 0 Å². The van der Waals surface area contributed by atoms with Crippen LogP contribution in [0, 0.1) is 5.92 Å². The number of benzene rings is 1. The van der Waals surface area contributed by atoms with E-state index in [-0.39, 0.29) is 18.9 Å². The maximum Gasteiger partial charge on any atom is 0.317 e. The third-order valence-corrected chi connectivity index (χ3v) is 3.57. The summed E-state index contributed by atoms with van der Waals surface area (Å²) < 4.78 is 0. The zero-order valence-electron chi connectivity index (χ0n) is 11.7. The number of hydrogen-bond donors (Lipinski definition) is 2. The molecular formula is C15H19ClN2O3. The molecule has 1 aromatic rings. The maximum atomic E-state index is 11.9. The number of nitrogens with one attached hydrogen (secondary N) is 1. The maximum absolute atomic E-state index is 11.9. The Balaban J connectivity index is 1.78. The normalized spacial score (nSPS) is 14.2. The van der Waals surface area contributed by atoms with Crippen molar-refractivity contribution in [3.05, 3.63) is 29.3 Å². The van der Waals surface area contributed by atoms with Gasteiger partial charge in [0.2, 0.25) is 5.91 Å². The van der Waals surface area contributed by atoms with E-state index in [0.717, 1.165) is 19.4 Å². The van der Waals surface area contributed by atoms with Crippen molar-refractivity contribution < 1.29 is 14.7 Å². The lowest BCUT2D eigenvalue weighted by molar-refractivity contribution is -0.138. The zero-order valence-corrected chi connectivity index (χ0v) is 12.5. The minimum Gasteiger partial charge on any atom is -0.480 e. The van der Waals surface area contributed by atoms with Gasteiger partial charge in [-0.15, -0.1) is 0 Å². The minimum absolute atomic E-state index is 0.0130. The van der Waals surface area contributed by atoms with Crippen molar-refractivity contribution in [3.8, 4) is 0 Å². The first-order valence-electron chi connectivity index (χ1n) is 7.02. The predicted molar refractivity (Wildman–Crippen MR) is 81.5 cm³/mol. The largest absolute Gasteiger partial charge is 0.480 e. The number of rotatable bonds is 8. The van der Waals surface area contributed by atoms with E-state index in [1.807, 2.05) is 4.90 Å². The van der Waals surface area contributed by atoms with E-state index in [2.05, 4.69) is 5.32 Å². The highest BCUT2D eigenvalue weighted by atomic mass is 35.5. The second-order valence-corrected chi connectivity index (χ2v) is 5.82. The van der Waals surface area contributed by atoms with Gasteiger partial charge in [0.25, 0.3) is 0 Å². The van der Waals surface area contributed by atoms with Crippen LogP contribution in [0.2, 0.25) is 5.02 Å². The van der Waals surface area contributed by atoms with Gasteiger partial charge < -0.3 is 10.4 Å². The minimum atomic E-state index is -0.856. The number of carbonyl (C=O) groups excluding carboxylic acids is 1. The smallest absolute Gasteiger partial charge is 0.317 e. The highest BCUT2D eigenvalue weighted by molar-refractivity contribution is 6.30. The molecule has 1 saturated carbocycles. The summed E-state index contributed by atoms with van der Waals surface area (Å²) in [6.07, 6.45) is 2.59. The molecule has 0 heterocycles. The van der Waals surface area contributed by atoms with Crippen LogP contribution in [0.15, 0.2) is 24.3 Å². The number of carboxylic acids is 1. The molecule has 114 valence electrons.